The van der Waals surface area contributed by atoms with Gasteiger partial charge in [0.2, 0.25) is 0 Å². The molecule has 0 aromatic rings. The molecule has 0 aromatic carbocycles. The number of ether oxygens (including phenoxy) is 3. The summed E-state index contributed by atoms with van der Waals surface area (Å²) in [5, 5.41) is 0. The molecule has 0 atom stereocenters. The summed E-state index contributed by atoms with van der Waals surface area (Å²) in [6, 6.07) is 0. The van der Waals surface area contributed by atoms with E-state index < -0.39 is 17.4 Å². The van der Waals surface area contributed by atoms with Gasteiger partial charge in [0.15, 0.2) is 5.41 Å². The third-order valence-electron chi connectivity index (χ3n) is 6.46. The van der Waals surface area contributed by atoms with Crippen molar-refractivity contribution in [2.75, 3.05) is 21.3 Å². The number of methoxy groups -OCH3 is 3. The number of esters is 2. The molecule has 0 radical (unpaired) electrons. The van der Waals surface area contributed by atoms with Crippen LogP contribution in [0.2, 0.25) is 0 Å². The number of hydrogen-bond acceptors (Lipinski definition) is 5. The minimum Gasteiger partial charge on any atom is -0.468 e. The minimum atomic E-state index is -1.07. The summed E-state index contributed by atoms with van der Waals surface area (Å²) in [7, 11) is 4.51. The molecular weight excluding hydrogens is 320 g/mol. The van der Waals surface area contributed by atoms with Gasteiger partial charge in [-0.15, -0.1) is 0 Å². The van der Waals surface area contributed by atoms with E-state index in [1.165, 1.54) is 59.2 Å². The predicted octanol–water partition coefficient (Wildman–Crippen LogP) is 3.88. The van der Waals surface area contributed by atoms with E-state index in [0.717, 1.165) is 18.8 Å². The summed E-state index contributed by atoms with van der Waals surface area (Å²) in [5.41, 5.74) is -1.07. The third kappa shape index (κ3) is 4.96. The molecule has 0 heterocycles. The van der Waals surface area contributed by atoms with Gasteiger partial charge in [-0.1, -0.05) is 19.3 Å². The van der Waals surface area contributed by atoms with Crippen LogP contribution in [0.4, 0.5) is 0 Å². The molecular formula is C20H34O5. The third-order valence-corrected chi connectivity index (χ3v) is 6.46. The molecule has 0 saturated heterocycles. The van der Waals surface area contributed by atoms with E-state index in [-0.39, 0.29) is 0 Å². The highest BCUT2D eigenvalue weighted by Crippen LogP contribution is 2.43. The summed E-state index contributed by atoms with van der Waals surface area (Å²) in [6.07, 6.45) is 12.1. The fourth-order valence-corrected chi connectivity index (χ4v) is 4.69. The number of carbonyl (C=O) groups excluding carboxylic acids is 2. The SMILES string of the molecule is COC(=O)C1(C(=O)OC)CCC(CCCC2CCC(OC)CC2)CC1. The number of rotatable bonds is 7. The topological polar surface area (TPSA) is 61.8 Å². The highest BCUT2D eigenvalue weighted by Gasteiger charge is 2.50. The van der Waals surface area contributed by atoms with E-state index in [2.05, 4.69) is 0 Å². The Morgan fingerprint density at radius 1 is 0.800 bits per heavy atom. The highest BCUT2D eigenvalue weighted by atomic mass is 16.5. The average molecular weight is 354 g/mol. The number of carbonyl (C=O) groups is 2. The van der Waals surface area contributed by atoms with Crippen molar-refractivity contribution >= 4 is 11.9 Å². The van der Waals surface area contributed by atoms with Crippen molar-refractivity contribution in [3.05, 3.63) is 0 Å². The standard InChI is InChI=1S/C20H34O5/c1-23-17-9-7-15(8-10-17)5-4-6-16-11-13-20(14-12-16,18(21)24-2)19(22)25-3/h15-17H,4-14H2,1-3H3. The Hall–Kier alpha value is -1.10. The maximum absolute atomic E-state index is 12.1. The van der Waals surface area contributed by atoms with E-state index >= 15 is 0 Å². The Kier molecular flexibility index (Phi) is 7.73. The van der Waals surface area contributed by atoms with E-state index in [0.29, 0.717) is 24.9 Å². The maximum Gasteiger partial charge on any atom is 0.323 e. The largest absolute Gasteiger partial charge is 0.468 e. The summed E-state index contributed by atoms with van der Waals surface area (Å²) >= 11 is 0. The van der Waals surface area contributed by atoms with Gasteiger partial charge in [0, 0.05) is 7.11 Å². The van der Waals surface area contributed by atoms with Crippen LogP contribution >= 0.6 is 0 Å². The predicted molar refractivity (Wildman–Crippen MR) is 95.0 cm³/mol. The van der Waals surface area contributed by atoms with Crippen molar-refractivity contribution in [1.82, 2.24) is 0 Å². The van der Waals surface area contributed by atoms with Crippen molar-refractivity contribution < 1.29 is 23.8 Å². The van der Waals surface area contributed by atoms with Crippen molar-refractivity contribution in [1.29, 1.82) is 0 Å². The second-order valence-corrected chi connectivity index (χ2v) is 7.82. The molecule has 0 amide bonds. The lowest BCUT2D eigenvalue weighted by Gasteiger charge is -2.35. The molecule has 0 spiro atoms. The van der Waals surface area contributed by atoms with E-state index in [9.17, 15) is 9.59 Å². The number of hydrogen-bond donors (Lipinski definition) is 0. The van der Waals surface area contributed by atoms with Gasteiger partial charge in [0.05, 0.1) is 20.3 Å². The first-order valence-electron chi connectivity index (χ1n) is 9.75. The lowest BCUT2D eigenvalue weighted by atomic mass is 9.69. The average Bonchev–Trinajstić information content (AvgIpc) is 2.67. The molecule has 5 heteroatoms. The van der Waals surface area contributed by atoms with Crippen LogP contribution in [0.5, 0.6) is 0 Å². The molecule has 0 bridgehead atoms. The maximum atomic E-state index is 12.1. The van der Waals surface area contributed by atoms with Crippen LogP contribution in [-0.2, 0) is 23.8 Å². The van der Waals surface area contributed by atoms with Gasteiger partial charge >= 0.3 is 11.9 Å². The van der Waals surface area contributed by atoms with E-state index in [1.807, 2.05) is 7.11 Å². The summed E-state index contributed by atoms with van der Waals surface area (Å²) in [6.45, 7) is 0. The molecule has 2 aliphatic rings. The molecule has 0 N–H and O–H groups in total. The molecule has 0 aromatic heterocycles. The highest BCUT2D eigenvalue weighted by molar-refractivity contribution is 6.00. The zero-order valence-electron chi connectivity index (χ0n) is 16.1. The summed E-state index contributed by atoms with van der Waals surface area (Å²) in [4.78, 5) is 24.3. The van der Waals surface area contributed by atoms with E-state index in [1.54, 1.807) is 0 Å². The van der Waals surface area contributed by atoms with Gasteiger partial charge < -0.3 is 14.2 Å². The van der Waals surface area contributed by atoms with Crippen LogP contribution in [-0.4, -0.2) is 39.4 Å². The molecule has 5 nitrogen and oxygen atoms in total. The fraction of sp³-hybridized carbons (Fsp3) is 0.900. The molecule has 2 saturated carbocycles. The lowest BCUT2D eigenvalue weighted by Crippen LogP contribution is -2.44. The van der Waals surface area contributed by atoms with Gasteiger partial charge in [-0.3, -0.25) is 9.59 Å². The van der Waals surface area contributed by atoms with E-state index in [4.69, 9.17) is 14.2 Å². The van der Waals surface area contributed by atoms with Crippen LogP contribution in [0.15, 0.2) is 0 Å². The van der Waals surface area contributed by atoms with Gasteiger partial charge in [-0.2, -0.15) is 0 Å². The van der Waals surface area contributed by atoms with Crippen LogP contribution in [0.3, 0.4) is 0 Å². The van der Waals surface area contributed by atoms with Crippen molar-refractivity contribution in [3.63, 3.8) is 0 Å². The first-order chi connectivity index (χ1) is 12.1. The monoisotopic (exact) mass is 354 g/mol. The lowest BCUT2D eigenvalue weighted by molar-refractivity contribution is -0.172. The second-order valence-electron chi connectivity index (χ2n) is 7.82. The molecule has 0 aliphatic heterocycles. The summed E-state index contributed by atoms with van der Waals surface area (Å²) in [5.74, 6) is 0.581. The van der Waals surface area contributed by atoms with Gasteiger partial charge in [0.1, 0.15) is 0 Å². The molecule has 2 rings (SSSR count). The second kappa shape index (κ2) is 9.56. The molecule has 25 heavy (non-hydrogen) atoms. The van der Waals surface area contributed by atoms with Crippen LogP contribution in [0, 0.1) is 17.3 Å². The molecule has 0 unspecified atom stereocenters. The van der Waals surface area contributed by atoms with Gasteiger partial charge in [-0.05, 0) is 63.2 Å². The first kappa shape index (κ1) is 20.2. The zero-order valence-corrected chi connectivity index (χ0v) is 16.1. The van der Waals surface area contributed by atoms with Gasteiger partial charge in [0.25, 0.3) is 0 Å². The van der Waals surface area contributed by atoms with Crippen molar-refractivity contribution in [2.24, 2.45) is 17.3 Å². The van der Waals surface area contributed by atoms with Gasteiger partial charge in [-0.25, -0.2) is 0 Å². The Morgan fingerprint density at radius 2 is 1.28 bits per heavy atom. The Labute approximate surface area is 151 Å². The zero-order chi connectivity index (χ0) is 18.3. The molecule has 144 valence electrons. The quantitative estimate of drug-likeness (QED) is 0.513. The Balaban J connectivity index is 1.73. The molecule has 2 aliphatic carbocycles. The first-order valence-corrected chi connectivity index (χ1v) is 9.75. The minimum absolute atomic E-state index is 0.437. The summed E-state index contributed by atoms with van der Waals surface area (Å²) < 4.78 is 15.2. The van der Waals surface area contributed by atoms with Crippen LogP contribution in [0.1, 0.15) is 70.6 Å². The van der Waals surface area contributed by atoms with Crippen LogP contribution < -0.4 is 0 Å². The van der Waals surface area contributed by atoms with Crippen molar-refractivity contribution in [3.8, 4) is 0 Å². The van der Waals surface area contributed by atoms with Crippen LogP contribution in [0.25, 0.3) is 0 Å². The fourth-order valence-electron chi connectivity index (χ4n) is 4.69. The smallest absolute Gasteiger partial charge is 0.323 e. The molecule has 2 fully saturated rings. The Morgan fingerprint density at radius 3 is 1.72 bits per heavy atom. The Bertz CT molecular complexity index is 413. The normalized spacial score (nSPS) is 26.8. The van der Waals surface area contributed by atoms with Crippen molar-refractivity contribution in [2.45, 2.75) is 76.7 Å².